The highest BCUT2D eigenvalue weighted by molar-refractivity contribution is 5.96. The molecule has 0 amide bonds. The lowest BCUT2D eigenvalue weighted by Crippen LogP contribution is -2.17. The van der Waals surface area contributed by atoms with Gasteiger partial charge in [-0.05, 0) is 12.8 Å². The fourth-order valence-corrected chi connectivity index (χ4v) is 1.63. The summed E-state index contributed by atoms with van der Waals surface area (Å²) in [5.41, 5.74) is 0.730. The van der Waals surface area contributed by atoms with Crippen molar-refractivity contribution in [3.05, 3.63) is 35.9 Å². The summed E-state index contributed by atoms with van der Waals surface area (Å²) in [5.74, 6) is 0.0650. The standard InChI is InChI=1S/C14H20O2/c1-3-8-13(4-2)16-11-14(15)12-9-6-5-7-10-12/h5-7,9-10,13H,3-4,8,11H2,1-2H3. The molecule has 0 aliphatic rings. The minimum Gasteiger partial charge on any atom is -0.370 e. The van der Waals surface area contributed by atoms with Crippen LogP contribution in [0.2, 0.25) is 0 Å². The van der Waals surface area contributed by atoms with Gasteiger partial charge in [0.25, 0.3) is 0 Å². The normalized spacial score (nSPS) is 12.4. The molecule has 2 nitrogen and oxygen atoms in total. The van der Waals surface area contributed by atoms with E-state index in [1.54, 1.807) is 0 Å². The van der Waals surface area contributed by atoms with E-state index >= 15 is 0 Å². The molecule has 0 aromatic heterocycles. The van der Waals surface area contributed by atoms with Crippen LogP contribution in [0, 0.1) is 0 Å². The van der Waals surface area contributed by atoms with Gasteiger partial charge in [-0.2, -0.15) is 0 Å². The first kappa shape index (κ1) is 12.9. The Labute approximate surface area is 97.6 Å². The van der Waals surface area contributed by atoms with E-state index in [1.807, 2.05) is 30.3 Å². The molecule has 1 atom stereocenters. The van der Waals surface area contributed by atoms with Crippen molar-refractivity contribution in [3.63, 3.8) is 0 Å². The molecule has 1 aromatic carbocycles. The first-order valence-corrected chi connectivity index (χ1v) is 5.97. The average Bonchev–Trinajstić information content (AvgIpc) is 2.35. The van der Waals surface area contributed by atoms with E-state index < -0.39 is 0 Å². The van der Waals surface area contributed by atoms with Crippen LogP contribution in [-0.4, -0.2) is 18.5 Å². The van der Waals surface area contributed by atoms with Crippen LogP contribution in [0.1, 0.15) is 43.5 Å². The third-order valence-corrected chi connectivity index (χ3v) is 2.61. The topological polar surface area (TPSA) is 26.3 Å². The zero-order chi connectivity index (χ0) is 11.8. The number of benzene rings is 1. The van der Waals surface area contributed by atoms with Crippen molar-refractivity contribution in [1.82, 2.24) is 0 Å². The van der Waals surface area contributed by atoms with Crippen molar-refractivity contribution in [2.24, 2.45) is 0 Å². The van der Waals surface area contributed by atoms with Crippen LogP contribution in [0.15, 0.2) is 30.3 Å². The molecule has 0 fully saturated rings. The maximum Gasteiger partial charge on any atom is 0.188 e. The number of rotatable bonds is 7. The number of ketones is 1. The zero-order valence-electron chi connectivity index (χ0n) is 10.1. The quantitative estimate of drug-likeness (QED) is 0.658. The monoisotopic (exact) mass is 220 g/mol. The van der Waals surface area contributed by atoms with E-state index in [2.05, 4.69) is 13.8 Å². The molecular weight excluding hydrogens is 200 g/mol. The summed E-state index contributed by atoms with van der Waals surface area (Å²) in [6.07, 6.45) is 3.31. The molecule has 1 unspecified atom stereocenters. The van der Waals surface area contributed by atoms with Crippen LogP contribution in [0.3, 0.4) is 0 Å². The fourth-order valence-electron chi connectivity index (χ4n) is 1.63. The maximum atomic E-state index is 11.7. The molecule has 2 heteroatoms. The van der Waals surface area contributed by atoms with Crippen molar-refractivity contribution >= 4 is 5.78 Å². The second-order valence-electron chi connectivity index (χ2n) is 3.92. The molecule has 0 saturated heterocycles. The van der Waals surface area contributed by atoms with Gasteiger partial charge in [0.05, 0.1) is 6.10 Å². The average molecular weight is 220 g/mol. The van der Waals surface area contributed by atoms with E-state index in [4.69, 9.17) is 4.74 Å². The minimum atomic E-state index is 0.0650. The molecule has 0 N–H and O–H groups in total. The van der Waals surface area contributed by atoms with Crippen molar-refractivity contribution < 1.29 is 9.53 Å². The molecule has 1 rings (SSSR count). The second-order valence-corrected chi connectivity index (χ2v) is 3.92. The minimum absolute atomic E-state index is 0.0650. The summed E-state index contributed by atoms with van der Waals surface area (Å²) in [5, 5.41) is 0. The van der Waals surface area contributed by atoms with Crippen molar-refractivity contribution in [2.75, 3.05) is 6.61 Å². The predicted octanol–water partition coefficient (Wildman–Crippen LogP) is 3.46. The summed E-state index contributed by atoms with van der Waals surface area (Å²) >= 11 is 0. The Morgan fingerprint density at radius 1 is 1.25 bits per heavy atom. The Balaban J connectivity index is 2.40. The van der Waals surface area contributed by atoms with Gasteiger partial charge in [-0.1, -0.05) is 50.6 Å². The van der Waals surface area contributed by atoms with Crippen molar-refractivity contribution in [3.8, 4) is 0 Å². The predicted molar refractivity (Wildman–Crippen MR) is 65.7 cm³/mol. The van der Waals surface area contributed by atoms with Crippen LogP contribution >= 0.6 is 0 Å². The largest absolute Gasteiger partial charge is 0.370 e. The van der Waals surface area contributed by atoms with Crippen molar-refractivity contribution in [1.29, 1.82) is 0 Å². The highest BCUT2D eigenvalue weighted by atomic mass is 16.5. The van der Waals surface area contributed by atoms with Gasteiger partial charge in [-0.15, -0.1) is 0 Å². The number of hydrogen-bond acceptors (Lipinski definition) is 2. The van der Waals surface area contributed by atoms with Crippen LogP contribution < -0.4 is 0 Å². The van der Waals surface area contributed by atoms with E-state index in [1.165, 1.54) is 0 Å². The molecular formula is C14H20O2. The van der Waals surface area contributed by atoms with Gasteiger partial charge in [0.15, 0.2) is 5.78 Å². The molecule has 0 aliphatic heterocycles. The Morgan fingerprint density at radius 2 is 1.94 bits per heavy atom. The smallest absolute Gasteiger partial charge is 0.188 e. The van der Waals surface area contributed by atoms with Crippen LogP contribution in [0.25, 0.3) is 0 Å². The number of hydrogen-bond donors (Lipinski definition) is 0. The van der Waals surface area contributed by atoms with Gasteiger partial charge in [0.1, 0.15) is 6.61 Å². The lowest BCUT2D eigenvalue weighted by atomic mass is 10.1. The summed E-state index contributed by atoms with van der Waals surface area (Å²) in [6, 6.07) is 9.30. The molecule has 0 aliphatic carbocycles. The Hall–Kier alpha value is -1.15. The summed E-state index contributed by atoms with van der Waals surface area (Å²) < 4.78 is 5.60. The SMILES string of the molecule is CCCC(CC)OCC(=O)c1ccccc1. The fraction of sp³-hybridized carbons (Fsp3) is 0.500. The third-order valence-electron chi connectivity index (χ3n) is 2.61. The highest BCUT2D eigenvalue weighted by Crippen LogP contribution is 2.08. The second kappa shape index (κ2) is 7.18. The molecule has 16 heavy (non-hydrogen) atoms. The zero-order valence-corrected chi connectivity index (χ0v) is 10.1. The molecule has 1 aromatic rings. The summed E-state index contributed by atoms with van der Waals surface area (Å²) in [6.45, 7) is 4.42. The molecule has 88 valence electrons. The van der Waals surface area contributed by atoms with Gasteiger partial charge in [-0.25, -0.2) is 0 Å². The van der Waals surface area contributed by atoms with Gasteiger partial charge in [-0.3, -0.25) is 4.79 Å². The van der Waals surface area contributed by atoms with Crippen molar-refractivity contribution in [2.45, 2.75) is 39.2 Å². The van der Waals surface area contributed by atoms with E-state index in [-0.39, 0.29) is 18.5 Å². The van der Waals surface area contributed by atoms with Gasteiger partial charge in [0.2, 0.25) is 0 Å². The molecule has 0 saturated carbocycles. The molecule has 0 radical (unpaired) electrons. The summed E-state index contributed by atoms with van der Waals surface area (Å²) in [7, 11) is 0. The lowest BCUT2D eigenvalue weighted by Gasteiger charge is -2.14. The van der Waals surface area contributed by atoms with Crippen LogP contribution in [0.4, 0.5) is 0 Å². The van der Waals surface area contributed by atoms with E-state index in [0.29, 0.717) is 0 Å². The first-order valence-electron chi connectivity index (χ1n) is 5.97. The number of carbonyl (C=O) groups excluding carboxylic acids is 1. The molecule has 0 spiro atoms. The Bertz CT molecular complexity index is 306. The number of ether oxygens (including phenoxy) is 1. The number of Topliss-reactive ketones (excluding diaryl/α,β-unsaturated/α-hetero) is 1. The van der Waals surface area contributed by atoms with Gasteiger partial charge in [0, 0.05) is 5.56 Å². The lowest BCUT2D eigenvalue weighted by molar-refractivity contribution is 0.0397. The maximum absolute atomic E-state index is 11.7. The number of carbonyl (C=O) groups is 1. The Kier molecular flexibility index (Phi) is 5.79. The van der Waals surface area contributed by atoms with E-state index in [9.17, 15) is 4.79 Å². The van der Waals surface area contributed by atoms with E-state index in [0.717, 1.165) is 24.8 Å². The molecule has 0 bridgehead atoms. The van der Waals surface area contributed by atoms with Crippen LogP contribution in [0.5, 0.6) is 0 Å². The first-order chi connectivity index (χ1) is 7.77. The Morgan fingerprint density at radius 3 is 2.50 bits per heavy atom. The highest BCUT2D eigenvalue weighted by Gasteiger charge is 2.09. The van der Waals surface area contributed by atoms with Crippen LogP contribution in [-0.2, 0) is 4.74 Å². The van der Waals surface area contributed by atoms with Gasteiger partial charge >= 0.3 is 0 Å². The summed E-state index contributed by atoms with van der Waals surface area (Å²) in [4.78, 5) is 11.7. The van der Waals surface area contributed by atoms with Gasteiger partial charge < -0.3 is 4.74 Å². The molecule has 0 heterocycles. The third kappa shape index (κ3) is 4.15.